The zero-order chi connectivity index (χ0) is 17.8. The molecule has 1 aromatic heterocycles. The van der Waals surface area contributed by atoms with Crippen LogP contribution in [0.5, 0.6) is 5.75 Å². The zero-order valence-electron chi connectivity index (χ0n) is 15.3. The van der Waals surface area contributed by atoms with Gasteiger partial charge in [-0.3, -0.25) is 9.48 Å². The Labute approximate surface area is 149 Å². The van der Waals surface area contributed by atoms with E-state index in [1.165, 1.54) is 0 Å². The van der Waals surface area contributed by atoms with Crippen LogP contribution in [0.2, 0.25) is 0 Å². The van der Waals surface area contributed by atoms with E-state index in [0.29, 0.717) is 6.42 Å². The van der Waals surface area contributed by atoms with Gasteiger partial charge in [-0.05, 0) is 45.2 Å². The Morgan fingerprint density at radius 1 is 1.36 bits per heavy atom. The number of likely N-dealkylation sites (tertiary alicyclic amines) is 1. The van der Waals surface area contributed by atoms with E-state index in [4.69, 9.17) is 4.74 Å². The minimum atomic E-state index is 0.0962. The van der Waals surface area contributed by atoms with Crippen molar-refractivity contribution in [2.24, 2.45) is 0 Å². The molecule has 2 aromatic rings. The lowest BCUT2D eigenvalue weighted by Crippen LogP contribution is -2.39. The summed E-state index contributed by atoms with van der Waals surface area (Å²) in [6.45, 7) is 7.63. The number of carbonyl (C=O) groups excluding carboxylic acids is 1. The summed E-state index contributed by atoms with van der Waals surface area (Å²) in [5.41, 5.74) is 2.11. The van der Waals surface area contributed by atoms with E-state index in [-0.39, 0.29) is 18.1 Å². The van der Waals surface area contributed by atoms with Crippen molar-refractivity contribution in [2.45, 2.75) is 58.7 Å². The fraction of sp³-hybridized carbons (Fsp3) is 0.500. The van der Waals surface area contributed by atoms with Crippen LogP contribution in [0.25, 0.3) is 0 Å². The first-order chi connectivity index (χ1) is 12.0. The van der Waals surface area contributed by atoms with Crippen molar-refractivity contribution in [3.05, 3.63) is 47.8 Å². The number of aryl methyl sites for hydroxylation is 1. The average Bonchev–Trinajstić information content (AvgIpc) is 3.18. The number of benzene rings is 1. The van der Waals surface area contributed by atoms with Gasteiger partial charge in [0.15, 0.2) is 0 Å². The van der Waals surface area contributed by atoms with Crippen molar-refractivity contribution in [1.29, 1.82) is 0 Å². The number of rotatable bonds is 6. The third-order valence-electron chi connectivity index (χ3n) is 4.53. The minimum absolute atomic E-state index is 0.0962. The lowest BCUT2D eigenvalue weighted by Gasteiger charge is -2.25. The molecule has 1 aromatic carbocycles. The van der Waals surface area contributed by atoms with E-state index in [9.17, 15) is 4.79 Å². The Hall–Kier alpha value is -2.30. The number of nitrogens with zero attached hydrogens (tertiary/aromatic N) is 3. The molecule has 134 valence electrons. The van der Waals surface area contributed by atoms with E-state index in [1.54, 1.807) is 0 Å². The molecule has 1 fully saturated rings. The van der Waals surface area contributed by atoms with Crippen molar-refractivity contribution < 1.29 is 9.53 Å². The van der Waals surface area contributed by atoms with Crippen LogP contribution in [0, 0.1) is 6.92 Å². The number of hydrogen-bond donors (Lipinski definition) is 0. The molecule has 0 saturated carbocycles. The highest BCUT2D eigenvalue weighted by Gasteiger charge is 2.29. The summed E-state index contributed by atoms with van der Waals surface area (Å²) in [6, 6.07) is 8.06. The highest BCUT2D eigenvalue weighted by molar-refractivity contribution is 5.80. The third-order valence-corrected chi connectivity index (χ3v) is 4.53. The number of para-hydroxylation sites is 1. The van der Waals surface area contributed by atoms with Crippen molar-refractivity contribution in [1.82, 2.24) is 14.7 Å². The fourth-order valence-electron chi connectivity index (χ4n) is 3.42. The first-order valence-electron chi connectivity index (χ1n) is 9.06. The molecule has 1 amide bonds. The molecule has 1 saturated heterocycles. The molecule has 3 rings (SSSR count). The Morgan fingerprint density at radius 3 is 2.88 bits per heavy atom. The summed E-state index contributed by atoms with van der Waals surface area (Å²) in [5, 5.41) is 4.36. The maximum absolute atomic E-state index is 12.9. The van der Waals surface area contributed by atoms with E-state index in [0.717, 1.165) is 42.8 Å². The lowest BCUT2D eigenvalue weighted by molar-refractivity contribution is -0.131. The van der Waals surface area contributed by atoms with Gasteiger partial charge in [-0.25, -0.2) is 0 Å². The summed E-state index contributed by atoms with van der Waals surface area (Å²) >= 11 is 0. The Bertz CT molecular complexity index is 723. The van der Waals surface area contributed by atoms with Crippen LogP contribution in [0.1, 0.15) is 37.8 Å². The number of amides is 1. The van der Waals surface area contributed by atoms with Gasteiger partial charge < -0.3 is 9.64 Å². The van der Waals surface area contributed by atoms with Crippen molar-refractivity contribution in [2.75, 3.05) is 6.54 Å². The van der Waals surface area contributed by atoms with Crippen molar-refractivity contribution in [3.63, 3.8) is 0 Å². The smallest absolute Gasteiger partial charge is 0.227 e. The monoisotopic (exact) mass is 341 g/mol. The second-order valence-corrected chi connectivity index (χ2v) is 7.07. The van der Waals surface area contributed by atoms with Crippen LogP contribution in [0.3, 0.4) is 0 Å². The summed E-state index contributed by atoms with van der Waals surface area (Å²) in [7, 11) is 0. The van der Waals surface area contributed by atoms with Crippen LogP contribution in [-0.2, 0) is 17.8 Å². The van der Waals surface area contributed by atoms with Crippen molar-refractivity contribution in [3.8, 4) is 5.75 Å². The predicted molar refractivity (Wildman–Crippen MR) is 97.6 cm³/mol. The van der Waals surface area contributed by atoms with Gasteiger partial charge >= 0.3 is 0 Å². The first kappa shape index (κ1) is 17.5. The normalized spacial score (nSPS) is 17.3. The van der Waals surface area contributed by atoms with Gasteiger partial charge in [0.1, 0.15) is 5.75 Å². The number of hydrogen-bond acceptors (Lipinski definition) is 3. The number of ether oxygens (including phenoxy) is 1. The van der Waals surface area contributed by atoms with Gasteiger partial charge in [-0.2, -0.15) is 5.10 Å². The Morgan fingerprint density at radius 2 is 2.16 bits per heavy atom. The second-order valence-electron chi connectivity index (χ2n) is 7.07. The van der Waals surface area contributed by atoms with E-state index < -0.39 is 0 Å². The Kier molecular flexibility index (Phi) is 5.41. The van der Waals surface area contributed by atoms with Crippen LogP contribution < -0.4 is 4.74 Å². The van der Waals surface area contributed by atoms with Gasteiger partial charge in [-0.15, -0.1) is 0 Å². The summed E-state index contributed by atoms with van der Waals surface area (Å²) in [4.78, 5) is 14.9. The van der Waals surface area contributed by atoms with Gasteiger partial charge in [0.2, 0.25) is 5.91 Å². The number of carbonyl (C=O) groups is 1. The molecule has 0 bridgehead atoms. The maximum atomic E-state index is 12.9. The quantitative estimate of drug-likeness (QED) is 0.810. The zero-order valence-corrected chi connectivity index (χ0v) is 15.3. The first-order valence-corrected chi connectivity index (χ1v) is 9.06. The van der Waals surface area contributed by atoms with Gasteiger partial charge in [0.05, 0.1) is 31.3 Å². The highest BCUT2D eigenvalue weighted by Crippen LogP contribution is 2.24. The molecule has 1 unspecified atom stereocenters. The molecule has 0 N–H and O–H groups in total. The molecule has 5 heteroatoms. The van der Waals surface area contributed by atoms with E-state index in [2.05, 4.69) is 5.10 Å². The molecule has 1 aliphatic heterocycles. The van der Waals surface area contributed by atoms with Gasteiger partial charge in [-0.1, -0.05) is 18.2 Å². The molecule has 5 nitrogen and oxygen atoms in total. The van der Waals surface area contributed by atoms with Gasteiger partial charge in [0, 0.05) is 18.3 Å². The molecule has 1 atom stereocenters. The Balaban J connectivity index is 1.68. The fourth-order valence-corrected chi connectivity index (χ4v) is 3.42. The topological polar surface area (TPSA) is 47.4 Å². The van der Waals surface area contributed by atoms with Crippen molar-refractivity contribution >= 4 is 5.91 Å². The largest absolute Gasteiger partial charge is 0.491 e. The molecule has 0 aliphatic carbocycles. The molecular formula is C20H27N3O2. The third kappa shape index (κ3) is 4.41. The molecule has 25 heavy (non-hydrogen) atoms. The van der Waals surface area contributed by atoms with Gasteiger partial charge in [0.25, 0.3) is 0 Å². The molecular weight excluding hydrogens is 314 g/mol. The van der Waals surface area contributed by atoms with Crippen LogP contribution in [0.15, 0.2) is 36.7 Å². The van der Waals surface area contributed by atoms with Crippen LogP contribution in [0.4, 0.5) is 0 Å². The highest BCUT2D eigenvalue weighted by atomic mass is 16.5. The summed E-state index contributed by atoms with van der Waals surface area (Å²) in [5.74, 6) is 0.982. The maximum Gasteiger partial charge on any atom is 0.227 e. The predicted octanol–water partition coefficient (Wildman–Crippen LogP) is 3.21. The molecule has 0 radical (unpaired) electrons. The summed E-state index contributed by atoms with van der Waals surface area (Å²) in [6.07, 6.45) is 6.47. The van der Waals surface area contributed by atoms with E-state index >= 15 is 0 Å². The standard InChI is InChI=1S/C20H27N3O2/c1-15(2)25-19-9-5-4-7-17(19)11-20(24)23-10-6-8-18(23)14-22-13-16(3)12-21-22/h4-5,7,9,12-13,15,18H,6,8,10-11,14H2,1-3H3. The second kappa shape index (κ2) is 7.72. The lowest BCUT2D eigenvalue weighted by atomic mass is 10.1. The average molecular weight is 341 g/mol. The summed E-state index contributed by atoms with van der Waals surface area (Å²) < 4.78 is 7.80. The SMILES string of the molecule is Cc1cnn(CC2CCCN2C(=O)Cc2ccccc2OC(C)C)c1. The van der Waals surface area contributed by atoms with Crippen LogP contribution >= 0.6 is 0 Å². The molecule has 1 aliphatic rings. The van der Waals surface area contributed by atoms with E-state index in [1.807, 2.05) is 67.0 Å². The number of aromatic nitrogens is 2. The van der Waals surface area contributed by atoms with Crippen LogP contribution in [-0.4, -0.2) is 39.3 Å². The molecule has 2 heterocycles. The molecule has 0 spiro atoms. The minimum Gasteiger partial charge on any atom is -0.491 e.